The van der Waals surface area contributed by atoms with Crippen LogP contribution in [0.25, 0.3) is 0 Å². The summed E-state index contributed by atoms with van der Waals surface area (Å²) in [7, 11) is 0. The highest BCUT2D eigenvalue weighted by molar-refractivity contribution is 6.05. The van der Waals surface area contributed by atoms with Gasteiger partial charge in [-0.05, 0) is 30.2 Å². The summed E-state index contributed by atoms with van der Waals surface area (Å²) >= 11 is 0. The minimum Gasteiger partial charge on any atom is -0.483 e. The molecule has 3 amide bonds. The van der Waals surface area contributed by atoms with Crippen molar-refractivity contribution in [1.29, 1.82) is 0 Å². The normalized spacial score (nSPS) is 27.5. The lowest BCUT2D eigenvalue weighted by atomic mass is 10.0. The Bertz CT molecular complexity index is 798. The molecule has 26 heavy (non-hydrogen) atoms. The first-order valence-electron chi connectivity index (χ1n) is 8.38. The van der Waals surface area contributed by atoms with Crippen LogP contribution in [0, 0.1) is 0 Å². The van der Waals surface area contributed by atoms with Crippen molar-refractivity contribution in [2.45, 2.75) is 37.5 Å². The number of nitrogens with zero attached hydrogens (tertiary/aromatic N) is 1. The van der Waals surface area contributed by atoms with Crippen LogP contribution in [0.15, 0.2) is 18.2 Å². The number of piperidine rings is 1. The van der Waals surface area contributed by atoms with Crippen LogP contribution in [0.4, 0.5) is 8.78 Å². The van der Waals surface area contributed by atoms with Crippen LogP contribution in [0.2, 0.25) is 0 Å². The summed E-state index contributed by atoms with van der Waals surface area (Å²) in [5.41, 5.74) is 1.03. The van der Waals surface area contributed by atoms with Crippen LogP contribution in [-0.2, 0) is 16.1 Å². The maximum absolute atomic E-state index is 13.7. The number of imide groups is 1. The van der Waals surface area contributed by atoms with Gasteiger partial charge in [-0.15, -0.1) is 0 Å². The van der Waals surface area contributed by atoms with Gasteiger partial charge in [0, 0.05) is 25.1 Å². The third-order valence-electron chi connectivity index (χ3n) is 4.93. The van der Waals surface area contributed by atoms with E-state index in [4.69, 9.17) is 4.74 Å². The molecule has 0 aliphatic carbocycles. The predicted molar refractivity (Wildman–Crippen MR) is 84.7 cm³/mol. The second-order valence-electron chi connectivity index (χ2n) is 6.72. The first-order valence-corrected chi connectivity index (χ1v) is 8.38. The number of carbonyl (C=O) groups excluding carboxylic acids is 3. The molecular formula is C17H17F2N3O4. The number of halogens is 2. The van der Waals surface area contributed by atoms with E-state index in [0.29, 0.717) is 11.1 Å². The van der Waals surface area contributed by atoms with E-state index in [2.05, 4.69) is 10.6 Å². The second-order valence-corrected chi connectivity index (χ2v) is 6.72. The van der Waals surface area contributed by atoms with Crippen LogP contribution >= 0.6 is 0 Å². The SMILES string of the molecule is O=C1CCC(N2Cc3cc(O[C@@H]4CNCC4(F)F)ccc3C2=O)C(=O)N1. The second kappa shape index (κ2) is 6.01. The minimum atomic E-state index is -2.95. The largest absolute Gasteiger partial charge is 0.483 e. The molecule has 2 saturated heterocycles. The fourth-order valence-corrected chi connectivity index (χ4v) is 3.55. The molecule has 2 N–H and O–H groups in total. The highest BCUT2D eigenvalue weighted by Gasteiger charge is 2.46. The molecule has 2 fully saturated rings. The number of fused-ring (bicyclic) bond motifs is 1. The molecule has 0 radical (unpaired) electrons. The zero-order chi connectivity index (χ0) is 18.5. The molecule has 4 rings (SSSR count). The van der Waals surface area contributed by atoms with Gasteiger partial charge in [0.05, 0.1) is 6.54 Å². The molecule has 9 heteroatoms. The number of benzene rings is 1. The van der Waals surface area contributed by atoms with Crippen LogP contribution in [0.3, 0.4) is 0 Å². The Balaban J connectivity index is 1.52. The van der Waals surface area contributed by atoms with Crippen molar-refractivity contribution in [3.05, 3.63) is 29.3 Å². The van der Waals surface area contributed by atoms with E-state index in [1.807, 2.05) is 0 Å². The first-order chi connectivity index (χ1) is 12.3. The van der Waals surface area contributed by atoms with Crippen LogP contribution in [-0.4, -0.2) is 53.8 Å². The third kappa shape index (κ3) is 2.82. The van der Waals surface area contributed by atoms with Gasteiger partial charge in [-0.3, -0.25) is 19.7 Å². The molecule has 7 nitrogen and oxygen atoms in total. The van der Waals surface area contributed by atoms with Gasteiger partial charge >= 0.3 is 0 Å². The van der Waals surface area contributed by atoms with Crippen LogP contribution in [0.1, 0.15) is 28.8 Å². The lowest BCUT2D eigenvalue weighted by Gasteiger charge is -2.29. The number of ether oxygens (including phenoxy) is 1. The van der Waals surface area contributed by atoms with Crippen LogP contribution < -0.4 is 15.4 Å². The average molecular weight is 365 g/mol. The molecule has 3 aliphatic rings. The molecule has 0 aromatic heterocycles. The van der Waals surface area contributed by atoms with Gasteiger partial charge in [0.15, 0.2) is 6.10 Å². The van der Waals surface area contributed by atoms with Gasteiger partial charge in [-0.1, -0.05) is 0 Å². The maximum Gasteiger partial charge on any atom is 0.297 e. The quantitative estimate of drug-likeness (QED) is 0.759. The van der Waals surface area contributed by atoms with Crippen molar-refractivity contribution >= 4 is 17.7 Å². The summed E-state index contributed by atoms with van der Waals surface area (Å²) in [4.78, 5) is 37.3. The molecule has 0 saturated carbocycles. The molecular weight excluding hydrogens is 348 g/mol. The zero-order valence-corrected chi connectivity index (χ0v) is 13.8. The zero-order valence-electron chi connectivity index (χ0n) is 13.8. The summed E-state index contributed by atoms with van der Waals surface area (Å²) in [5.74, 6) is -3.84. The number of carbonyl (C=O) groups is 3. The molecule has 1 aromatic carbocycles. The molecule has 138 valence electrons. The monoisotopic (exact) mass is 365 g/mol. The summed E-state index contributed by atoms with van der Waals surface area (Å²) in [6.45, 7) is -0.202. The number of nitrogens with one attached hydrogen (secondary N) is 2. The lowest BCUT2D eigenvalue weighted by Crippen LogP contribution is -2.52. The smallest absolute Gasteiger partial charge is 0.297 e. The van der Waals surface area contributed by atoms with Crippen molar-refractivity contribution < 1.29 is 27.9 Å². The van der Waals surface area contributed by atoms with E-state index in [9.17, 15) is 23.2 Å². The van der Waals surface area contributed by atoms with Gasteiger partial charge in [0.1, 0.15) is 11.8 Å². The van der Waals surface area contributed by atoms with Crippen LogP contribution in [0.5, 0.6) is 5.75 Å². The minimum absolute atomic E-state index is 0.0470. The van der Waals surface area contributed by atoms with E-state index >= 15 is 0 Å². The molecule has 0 bridgehead atoms. The van der Waals surface area contributed by atoms with Gasteiger partial charge < -0.3 is 15.0 Å². The van der Waals surface area contributed by atoms with Crippen molar-refractivity contribution in [3.63, 3.8) is 0 Å². The Hall–Kier alpha value is -2.55. The van der Waals surface area contributed by atoms with Gasteiger partial charge in [0.2, 0.25) is 11.8 Å². The fourth-order valence-electron chi connectivity index (χ4n) is 3.55. The van der Waals surface area contributed by atoms with Gasteiger partial charge in [0.25, 0.3) is 11.8 Å². The van der Waals surface area contributed by atoms with E-state index in [1.54, 1.807) is 6.07 Å². The summed E-state index contributed by atoms with van der Waals surface area (Å²) < 4.78 is 32.8. The number of hydrogen-bond acceptors (Lipinski definition) is 5. The van der Waals surface area contributed by atoms with E-state index in [-0.39, 0.29) is 43.5 Å². The first kappa shape index (κ1) is 16.9. The number of hydrogen-bond donors (Lipinski definition) is 2. The molecule has 2 atom stereocenters. The fraction of sp³-hybridized carbons (Fsp3) is 0.471. The number of alkyl halides is 2. The van der Waals surface area contributed by atoms with E-state index < -0.39 is 30.5 Å². The topological polar surface area (TPSA) is 87.7 Å². The van der Waals surface area contributed by atoms with Gasteiger partial charge in [-0.2, -0.15) is 0 Å². The number of rotatable bonds is 3. The highest BCUT2D eigenvalue weighted by Crippen LogP contribution is 2.32. The Morgan fingerprint density at radius 3 is 2.73 bits per heavy atom. The highest BCUT2D eigenvalue weighted by atomic mass is 19.3. The Kier molecular flexibility index (Phi) is 3.91. The average Bonchev–Trinajstić information content (AvgIpc) is 3.07. The predicted octanol–water partition coefficient (Wildman–Crippen LogP) is 0.433. The Labute approximate surface area is 147 Å². The Morgan fingerprint density at radius 1 is 1.23 bits per heavy atom. The molecule has 1 unspecified atom stereocenters. The van der Waals surface area contributed by atoms with Crippen molar-refractivity contribution in [2.24, 2.45) is 0 Å². The maximum atomic E-state index is 13.7. The lowest BCUT2D eigenvalue weighted by molar-refractivity contribution is -0.136. The summed E-state index contributed by atoms with van der Waals surface area (Å²) in [6, 6.07) is 3.87. The number of amides is 3. The third-order valence-corrected chi connectivity index (χ3v) is 4.93. The standard InChI is InChI=1S/C17H17F2N3O4/c18-17(19)8-20-6-13(17)26-10-1-2-11-9(5-10)7-22(16(11)25)12-3-4-14(23)21-15(12)24/h1-2,5,12-13,20H,3-4,6-8H2,(H,21,23,24)/t12?,13-/m1/s1. The van der Waals surface area contributed by atoms with Crippen molar-refractivity contribution in [2.75, 3.05) is 13.1 Å². The molecule has 3 aliphatic heterocycles. The Morgan fingerprint density at radius 2 is 2.04 bits per heavy atom. The van der Waals surface area contributed by atoms with Gasteiger partial charge in [-0.25, -0.2) is 8.78 Å². The molecule has 3 heterocycles. The van der Waals surface area contributed by atoms with Crippen molar-refractivity contribution in [1.82, 2.24) is 15.5 Å². The summed E-state index contributed by atoms with van der Waals surface area (Å²) in [6.07, 6.45) is -0.813. The van der Waals surface area contributed by atoms with Crippen molar-refractivity contribution in [3.8, 4) is 5.75 Å². The van der Waals surface area contributed by atoms with E-state index in [0.717, 1.165) is 0 Å². The molecule has 1 aromatic rings. The summed E-state index contributed by atoms with van der Waals surface area (Å²) in [5, 5.41) is 4.83. The van der Waals surface area contributed by atoms with E-state index in [1.165, 1.54) is 17.0 Å². The molecule has 0 spiro atoms.